The summed E-state index contributed by atoms with van der Waals surface area (Å²) in [6, 6.07) is 8.41. The number of hydrogen-bond acceptors (Lipinski definition) is 1. The predicted octanol–water partition coefficient (Wildman–Crippen LogP) is 3.12. The van der Waals surface area contributed by atoms with Crippen LogP contribution in [0, 0.1) is 11.8 Å². The number of rotatable bonds is 2. The molecule has 14 heavy (non-hydrogen) atoms. The molecule has 0 spiro atoms. The van der Waals surface area contributed by atoms with Gasteiger partial charge in [-0.3, -0.25) is 0 Å². The molecule has 0 saturated heterocycles. The van der Waals surface area contributed by atoms with Crippen molar-refractivity contribution < 1.29 is 4.74 Å². The standard InChI is InChI=1S/C13H14O/c1-14-13-4-2-9(3-5-13)10-6-11-8-12(11)7-10/h2-6,11-12H,7-8H2,1H3/t11-,12+/m1/s1. The summed E-state index contributed by atoms with van der Waals surface area (Å²) in [6.45, 7) is 0. The van der Waals surface area contributed by atoms with Gasteiger partial charge in [0.15, 0.2) is 0 Å². The first-order valence-electron chi connectivity index (χ1n) is 5.22. The van der Waals surface area contributed by atoms with Crippen LogP contribution < -0.4 is 4.74 Å². The van der Waals surface area contributed by atoms with Crippen LogP contribution in [0.3, 0.4) is 0 Å². The number of ether oxygens (including phenoxy) is 1. The quantitative estimate of drug-likeness (QED) is 0.689. The molecule has 2 aliphatic rings. The number of fused-ring (bicyclic) bond motifs is 1. The predicted molar refractivity (Wildman–Crippen MR) is 57.2 cm³/mol. The van der Waals surface area contributed by atoms with E-state index in [-0.39, 0.29) is 0 Å². The Kier molecular flexibility index (Phi) is 1.66. The second-order valence-electron chi connectivity index (χ2n) is 4.28. The molecule has 2 aliphatic carbocycles. The van der Waals surface area contributed by atoms with E-state index in [0.717, 1.165) is 17.6 Å². The van der Waals surface area contributed by atoms with E-state index in [1.165, 1.54) is 24.0 Å². The second-order valence-corrected chi connectivity index (χ2v) is 4.28. The summed E-state index contributed by atoms with van der Waals surface area (Å²) in [4.78, 5) is 0. The third-order valence-electron chi connectivity index (χ3n) is 3.34. The van der Waals surface area contributed by atoms with E-state index >= 15 is 0 Å². The van der Waals surface area contributed by atoms with Crippen LogP contribution in [-0.4, -0.2) is 7.11 Å². The zero-order valence-electron chi connectivity index (χ0n) is 8.36. The summed E-state index contributed by atoms with van der Waals surface area (Å²) in [7, 11) is 1.71. The van der Waals surface area contributed by atoms with Crippen molar-refractivity contribution in [2.45, 2.75) is 12.8 Å². The van der Waals surface area contributed by atoms with E-state index in [1.807, 2.05) is 12.1 Å². The first-order valence-corrected chi connectivity index (χ1v) is 5.22. The zero-order valence-corrected chi connectivity index (χ0v) is 8.36. The normalized spacial score (nSPS) is 28.2. The fraction of sp³-hybridized carbons (Fsp3) is 0.385. The Labute approximate surface area is 84.4 Å². The maximum atomic E-state index is 5.14. The SMILES string of the molecule is COc1ccc(C2=C[C@@H]3C[C@@H]3C2)cc1. The molecule has 0 unspecified atom stereocenters. The molecule has 0 N–H and O–H groups in total. The number of hydrogen-bond donors (Lipinski definition) is 0. The van der Waals surface area contributed by atoms with Gasteiger partial charge in [0.1, 0.15) is 5.75 Å². The van der Waals surface area contributed by atoms with Crippen LogP contribution in [0.5, 0.6) is 5.75 Å². The second kappa shape index (κ2) is 2.88. The number of benzene rings is 1. The van der Waals surface area contributed by atoms with Crippen molar-refractivity contribution in [1.82, 2.24) is 0 Å². The third-order valence-corrected chi connectivity index (χ3v) is 3.34. The molecule has 72 valence electrons. The van der Waals surface area contributed by atoms with E-state index in [1.54, 1.807) is 7.11 Å². The van der Waals surface area contributed by atoms with Gasteiger partial charge in [-0.1, -0.05) is 18.2 Å². The van der Waals surface area contributed by atoms with Gasteiger partial charge in [-0.05, 0) is 47.9 Å². The molecule has 0 heterocycles. The van der Waals surface area contributed by atoms with Gasteiger partial charge in [0.2, 0.25) is 0 Å². The number of methoxy groups -OCH3 is 1. The largest absolute Gasteiger partial charge is 0.497 e. The van der Waals surface area contributed by atoms with Crippen LogP contribution >= 0.6 is 0 Å². The Morgan fingerprint density at radius 1 is 1.21 bits per heavy atom. The van der Waals surface area contributed by atoms with E-state index < -0.39 is 0 Å². The Morgan fingerprint density at radius 3 is 2.57 bits per heavy atom. The van der Waals surface area contributed by atoms with Gasteiger partial charge in [-0.25, -0.2) is 0 Å². The Hall–Kier alpha value is -1.24. The van der Waals surface area contributed by atoms with E-state index in [0.29, 0.717) is 0 Å². The highest BCUT2D eigenvalue weighted by molar-refractivity contribution is 5.69. The molecule has 1 saturated carbocycles. The lowest BCUT2D eigenvalue weighted by Gasteiger charge is -2.05. The van der Waals surface area contributed by atoms with Crippen molar-refractivity contribution in [1.29, 1.82) is 0 Å². The Morgan fingerprint density at radius 2 is 2.00 bits per heavy atom. The molecule has 0 aliphatic heterocycles. The summed E-state index contributed by atoms with van der Waals surface area (Å²) in [6.07, 6.45) is 5.17. The highest BCUT2D eigenvalue weighted by Gasteiger charge is 2.40. The van der Waals surface area contributed by atoms with Crippen molar-refractivity contribution in [2.24, 2.45) is 11.8 Å². The lowest BCUT2D eigenvalue weighted by molar-refractivity contribution is 0.415. The van der Waals surface area contributed by atoms with E-state index in [4.69, 9.17) is 4.74 Å². The van der Waals surface area contributed by atoms with Gasteiger partial charge in [0.05, 0.1) is 7.11 Å². The smallest absolute Gasteiger partial charge is 0.118 e. The number of allylic oxidation sites excluding steroid dienone is 2. The van der Waals surface area contributed by atoms with Gasteiger partial charge < -0.3 is 4.74 Å². The molecular formula is C13H14O. The van der Waals surface area contributed by atoms with Crippen LogP contribution in [0.1, 0.15) is 18.4 Å². The summed E-state index contributed by atoms with van der Waals surface area (Å²) < 4.78 is 5.14. The van der Waals surface area contributed by atoms with E-state index in [2.05, 4.69) is 18.2 Å². The average molecular weight is 186 g/mol. The molecule has 0 bridgehead atoms. The van der Waals surface area contributed by atoms with Crippen molar-refractivity contribution in [3.05, 3.63) is 35.9 Å². The minimum Gasteiger partial charge on any atom is -0.497 e. The monoisotopic (exact) mass is 186 g/mol. The van der Waals surface area contributed by atoms with Crippen molar-refractivity contribution in [2.75, 3.05) is 7.11 Å². The van der Waals surface area contributed by atoms with Crippen molar-refractivity contribution in [3.8, 4) is 5.75 Å². The first-order chi connectivity index (χ1) is 6.86. The molecule has 1 aromatic carbocycles. The lowest BCUT2D eigenvalue weighted by Crippen LogP contribution is -1.85. The fourth-order valence-electron chi connectivity index (χ4n) is 2.34. The van der Waals surface area contributed by atoms with Crippen LogP contribution in [0.4, 0.5) is 0 Å². The molecule has 0 aromatic heterocycles. The molecule has 3 rings (SSSR count). The van der Waals surface area contributed by atoms with Crippen LogP contribution in [-0.2, 0) is 0 Å². The highest BCUT2D eigenvalue weighted by Crippen LogP contribution is 2.52. The fourth-order valence-corrected chi connectivity index (χ4v) is 2.34. The average Bonchev–Trinajstić information content (AvgIpc) is 2.86. The van der Waals surface area contributed by atoms with Gasteiger partial charge in [0, 0.05) is 0 Å². The van der Waals surface area contributed by atoms with E-state index in [9.17, 15) is 0 Å². The Bertz CT molecular complexity index is 375. The van der Waals surface area contributed by atoms with Crippen LogP contribution in [0.2, 0.25) is 0 Å². The summed E-state index contributed by atoms with van der Waals surface area (Å²) in [5.41, 5.74) is 2.91. The summed E-state index contributed by atoms with van der Waals surface area (Å²) >= 11 is 0. The van der Waals surface area contributed by atoms with Gasteiger partial charge in [-0.2, -0.15) is 0 Å². The van der Waals surface area contributed by atoms with Crippen LogP contribution in [0.15, 0.2) is 30.3 Å². The summed E-state index contributed by atoms with van der Waals surface area (Å²) in [5, 5.41) is 0. The maximum Gasteiger partial charge on any atom is 0.118 e. The molecule has 0 radical (unpaired) electrons. The van der Waals surface area contributed by atoms with Crippen LogP contribution in [0.25, 0.3) is 5.57 Å². The molecule has 0 amide bonds. The first kappa shape index (κ1) is 8.10. The van der Waals surface area contributed by atoms with Crippen molar-refractivity contribution >= 4 is 5.57 Å². The van der Waals surface area contributed by atoms with Gasteiger partial charge in [0.25, 0.3) is 0 Å². The van der Waals surface area contributed by atoms with Crippen molar-refractivity contribution in [3.63, 3.8) is 0 Å². The zero-order chi connectivity index (χ0) is 9.54. The Balaban J connectivity index is 1.86. The molecule has 1 heteroatoms. The minimum absolute atomic E-state index is 0.909. The maximum absolute atomic E-state index is 5.14. The lowest BCUT2D eigenvalue weighted by atomic mass is 10.0. The molecule has 1 aromatic rings. The summed E-state index contributed by atoms with van der Waals surface area (Å²) in [5.74, 6) is 2.83. The highest BCUT2D eigenvalue weighted by atomic mass is 16.5. The molecular weight excluding hydrogens is 172 g/mol. The third kappa shape index (κ3) is 1.24. The minimum atomic E-state index is 0.909. The van der Waals surface area contributed by atoms with Gasteiger partial charge >= 0.3 is 0 Å². The molecule has 1 fully saturated rings. The van der Waals surface area contributed by atoms with Gasteiger partial charge in [-0.15, -0.1) is 0 Å². The molecule has 2 atom stereocenters. The molecule has 1 nitrogen and oxygen atoms in total. The topological polar surface area (TPSA) is 9.23 Å².